The first kappa shape index (κ1) is 35.8. The lowest BCUT2D eigenvalue weighted by atomic mass is 10.1. The van der Waals surface area contributed by atoms with E-state index in [0.717, 1.165) is 34.2 Å². The molecule has 10 aromatic rings. The van der Waals surface area contributed by atoms with E-state index in [-0.39, 0.29) is 0 Å². The fourth-order valence-corrected chi connectivity index (χ4v) is 6.67. The minimum Gasteiger partial charge on any atom is -0.255 e. The minimum atomic E-state index is 0.398. The molecule has 0 aliphatic carbocycles. The molecule has 0 N–H and O–H groups in total. The van der Waals surface area contributed by atoms with Crippen LogP contribution in [0.5, 0.6) is 0 Å². The molecule has 0 atom stereocenters. The van der Waals surface area contributed by atoms with Gasteiger partial charge in [-0.2, -0.15) is 0 Å². The van der Waals surface area contributed by atoms with E-state index in [4.69, 9.17) is 39.9 Å². The Hall–Kier alpha value is -8.57. The van der Waals surface area contributed by atoms with Crippen LogP contribution < -0.4 is 0 Å². The van der Waals surface area contributed by atoms with Gasteiger partial charge in [-0.3, -0.25) is 15.0 Å². The highest BCUT2D eigenvalue weighted by atomic mass is 15.0. The average molecular weight is 774 g/mol. The molecule has 0 amide bonds. The Bertz CT molecular complexity index is 2760. The van der Waals surface area contributed by atoms with Crippen molar-refractivity contribution in [1.82, 2.24) is 54.8 Å². The van der Waals surface area contributed by atoms with Crippen LogP contribution in [-0.4, -0.2) is 54.8 Å². The van der Waals surface area contributed by atoms with Crippen molar-refractivity contribution in [2.45, 2.75) is 0 Å². The molecule has 0 unspecified atom stereocenters. The van der Waals surface area contributed by atoms with Gasteiger partial charge in [0.1, 0.15) is 5.69 Å². The number of hydrogen-bond donors (Lipinski definition) is 0. The van der Waals surface area contributed by atoms with Crippen molar-refractivity contribution in [3.05, 3.63) is 188 Å². The summed E-state index contributed by atoms with van der Waals surface area (Å²) in [4.78, 5) is 53.5. The second-order valence-corrected chi connectivity index (χ2v) is 13.6. The van der Waals surface area contributed by atoms with Crippen molar-refractivity contribution >= 4 is 0 Å². The van der Waals surface area contributed by atoms with E-state index in [0.29, 0.717) is 68.5 Å². The summed E-state index contributed by atoms with van der Waals surface area (Å²) in [6.07, 6.45) is 5.27. The number of aromatic nitrogens is 11. The van der Waals surface area contributed by atoms with Crippen molar-refractivity contribution in [3.8, 4) is 103 Å². The van der Waals surface area contributed by atoms with Gasteiger partial charge in [0.25, 0.3) is 0 Å². The highest BCUT2D eigenvalue weighted by molar-refractivity contribution is 5.73. The number of nitrogens with zero attached hydrogens (tertiary/aromatic N) is 11. The third kappa shape index (κ3) is 7.61. The van der Waals surface area contributed by atoms with Gasteiger partial charge in [0.15, 0.2) is 5.82 Å². The average Bonchev–Trinajstić information content (AvgIpc) is 3.35. The molecule has 0 saturated carbocycles. The summed E-state index contributed by atoms with van der Waals surface area (Å²) in [7, 11) is 0. The summed E-state index contributed by atoms with van der Waals surface area (Å²) >= 11 is 0. The summed E-state index contributed by atoms with van der Waals surface area (Å²) in [5.74, 6) is 0.398. The number of rotatable bonds is 9. The molecule has 0 aliphatic rings. The molecule has 0 spiro atoms. The van der Waals surface area contributed by atoms with Crippen molar-refractivity contribution in [1.29, 1.82) is 0 Å². The first-order valence-electron chi connectivity index (χ1n) is 19.2. The van der Waals surface area contributed by atoms with Crippen molar-refractivity contribution in [2.24, 2.45) is 0 Å². The Labute approximate surface area is 344 Å². The van der Waals surface area contributed by atoms with E-state index in [1.807, 2.05) is 170 Å². The molecular formula is C49H31N11. The van der Waals surface area contributed by atoms with Gasteiger partial charge in [-0.15, -0.1) is 0 Å². The maximum absolute atomic E-state index is 5.08. The first-order chi connectivity index (χ1) is 29.7. The maximum atomic E-state index is 5.08. The van der Waals surface area contributed by atoms with E-state index in [1.165, 1.54) is 0 Å². The Morgan fingerprint density at radius 1 is 0.183 bits per heavy atom. The van der Waals surface area contributed by atoms with Gasteiger partial charge in [0.2, 0.25) is 0 Å². The molecular weight excluding hydrogens is 743 g/mol. The first-order valence-corrected chi connectivity index (χ1v) is 19.2. The summed E-state index contributed by atoms with van der Waals surface area (Å²) < 4.78 is 0. The van der Waals surface area contributed by atoms with Crippen LogP contribution in [0.3, 0.4) is 0 Å². The summed E-state index contributed by atoms with van der Waals surface area (Å²) in [6, 6.07) is 54.1. The van der Waals surface area contributed by atoms with Crippen LogP contribution in [0.25, 0.3) is 103 Å². The topological polar surface area (TPSA) is 142 Å². The molecule has 0 radical (unpaired) electrons. The van der Waals surface area contributed by atoms with Crippen LogP contribution in [0.2, 0.25) is 0 Å². The summed E-state index contributed by atoms with van der Waals surface area (Å²) in [6.45, 7) is 0. The molecule has 0 saturated heterocycles. The molecule has 282 valence electrons. The lowest BCUT2D eigenvalue weighted by Gasteiger charge is -2.11. The van der Waals surface area contributed by atoms with Gasteiger partial charge < -0.3 is 0 Å². The highest BCUT2D eigenvalue weighted by Gasteiger charge is 2.17. The third-order valence-electron chi connectivity index (χ3n) is 9.54. The van der Waals surface area contributed by atoms with Crippen molar-refractivity contribution in [2.75, 3.05) is 0 Å². The van der Waals surface area contributed by atoms with E-state index in [9.17, 15) is 0 Å². The SMILES string of the molecule is c1ccc(-c2cccc(-c3cccc(-c4cc(-c5cccc(-c6cccc(-c7ccccn7)n6)n5)nc(-c5cccc(-c6cccc(-c7ccccn7)n6)n5)n4)n3)n2)nc1. The monoisotopic (exact) mass is 773 g/mol. The molecule has 0 fully saturated rings. The predicted molar refractivity (Wildman–Crippen MR) is 231 cm³/mol. The zero-order valence-corrected chi connectivity index (χ0v) is 31.8. The standard InChI is InChI=1S/C49H31N11/c1-4-28-50-32(13-1)35-16-7-19-38(53-35)40-22-10-25-44(56-40)47-31-48(45-26-11-23-41(57-45)39-20-8-17-36(54-39)33-14-2-5-29-51-33)60-49(59-47)46-27-12-24-43(58-46)42-21-9-18-37(55-42)34-15-3-6-30-52-34/h1-31H. The lowest BCUT2D eigenvalue weighted by Crippen LogP contribution is -2.01. The zero-order chi connectivity index (χ0) is 40.1. The molecule has 11 nitrogen and oxygen atoms in total. The Balaban J connectivity index is 1.07. The van der Waals surface area contributed by atoms with Crippen LogP contribution in [0.4, 0.5) is 0 Å². The summed E-state index contributed by atoms with van der Waals surface area (Å²) in [5.41, 5.74) is 11.7. The second-order valence-electron chi connectivity index (χ2n) is 13.6. The van der Waals surface area contributed by atoms with Crippen LogP contribution >= 0.6 is 0 Å². The van der Waals surface area contributed by atoms with Crippen LogP contribution in [0.15, 0.2) is 188 Å². The van der Waals surface area contributed by atoms with E-state index < -0.39 is 0 Å². The number of pyridine rings is 9. The Morgan fingerprint density at radius 3 is 0.700 bits per heavy atom. The minimum absolute atomic E-state index is 0.398. The molecule has 0 bridgehead atoms. The lowest BCUT2D eigenvalue weighted by molar-refractivity contribution is 1.12. The molecule has 10 rings (SSSR count). The maximum Gasteiger partial charge on any atom is 0.179 e. The largest absolute Gasteiger partial charge is 0.255 e. The fourth-order valence-electron chi connectivity index (χ4n) is 6.67. The van der Waals surface area contributed by atoms with Gasteiger partial charge in [0, 0.05) is 18.6 Å². The van der Waals surface area contributed by atoms with Crippen molar-refractivity contribution in [3.63, 3.8) is 0 Å². The quantitative estimate of drug-likeness (QED) is 0.138. The van der Waals surface area contributed by atoms with E-state index in [2.05, 4.69) is 15.0 Å². The van der Waals surface area contributed by atoms with Crippen LogP contribution in [-0.2, 0) is 0 Å². The normalized spacial score (nSPS) is 11.0. The van der Waals surface area contributed by atoms with Gasteiger partial charge in [-0.05, 0) is 115 Å². The second kappa shape index (κ2) is 16.1. The smallest absolute Gasteiger partial charge is 0.179 e. The van der Waals surface area contributed by atoms with Crippen LogP contribution in [0, 0.1) is 0 Å². The van der Waals surface area contributed by atoms with Gasteiger partial charge >= 0.3 is 0 Å². The van der Waals surface area contributed by atoms with Crippen molar-refractivity contribution < 1.29 is 0 Å². The van der Waals surface area contributed by atoms with E-state index in [1.54, 1.807) is 18.6 Å². The summed E-state index contributed by atoms with van der Waals surface area (Å²) in [5, 5.41) is 0. The van der Waals surface area contributed by atoms with Gasteiger partial charge in [0.05, 0.1) is 91.1 Å². The fraction of sp³-hybridized carbons (Fsp3) is 0. The van der Waals surface area contributed by atoms with Crippen LogP contribution in [0.1, 0.15) is 0 Å². The molecule has 10 aromatic heterocycles. The van der Waals surface area contributed by atoms with E-state index >= 15 is 0 Å². The van der Waals surface area contributed by atoms with Gasteiger partial charge in [-0.25, -0.2) is 39.9 Å². The highest BCUT2D eigenvalue weighted by Crippen LogP contribution is 2.30. The van der Waals surface area contributed by atoms with Gasteiger partial charge in [-0.1, -0.05) is 54.6 Å². The zero-order valence-electron chi connectivity index (χ0n) is 31.8. The predicted octanol–water partition coefficient (Wildman–Crippen LogP) is 10.0. The molecule has 0 aliphatic heterocycles. The molecule has 60 heavy (non-hydrogen) atoms. The number of hydrogen-bond acceptors (Lipinski definition) is 11. The Kier molecular flexibility index (Phi) is 9.62. The molecule has 0 aromatic carbocycles. The molecule has 11 heteroatoms. The Morgan fingerprint density at radius 2 is 0.417 bits per heavy atom. The third-order valence-corrected chi connectivity index (χ3v) is 9.54. The molecule has 10 heterocycles.